The Morgan fingerprint density at radius 2 is 0.871 bits per heavy atom. The number of nitrogens with zero attached hydrogens (tertiary/aromatic N) is 10. The van der Waals surface area contributed by atoms with Gasteiger partial charge in [0.15, 0.2) is 22.6 Å². The van der Waals surface area contributed by atoms with Crippen LogP contribution < -0.4 is 27.4 Å². The van der Waals surface area contributed by atoms with Crippen molar-refractivity contribution >= 4 is 80.5 Å². The Morgan fingerprint density at radius 3 is 1.33 bits per heavy atom. The first-order chi connectivity index (χ1) is 41.6. The molecule has 17 nitrogen and oxygen atoms in total. The minimum absolute atomic E-state index is 0.137. The minimum Gasteiger partial charge on any atom is -0.369 e. The van der Waals surface area contributed by atoms with Crippen molar-refractivity contribution < 1.29 is 9.59 Å². The molecular formula is C65H54Cl3N15O2. The van der Waals surface area contributed by atoms with Crippen LogP contribution in [0, 0.1) is 0 Å². The number of anilines is 3. The summed E-state index contributed by atoms with van der Waals surface area (Å²) in [6.45, 7) is 1.89. The molecule has 7 heterocycles. The van der Waals surface area contributed by atoms with Crippen LogP contribution in [0.5, 0.6) is 0 Å². The SMILES string of the molecule is Clc1nc(Cl)c2c(-c3ccccc3)ccn2n1.Clc1nc(NCc2ccccc2)c2c(-c3ccccc3)ccn2n1.NC(=O)CC(=O)Nc1cncc(-c2nc(NCc3ccccc3)c3c(-c4ccccc4)ccn3n2)c1.NCc1ccccc1. The molecule has 0 aliphatic carbocycles. The van der Waals surface area contributed by atoms with Crippen LogP contribution in [0.3, 0.4) is 0 Å². The number of benzene rings is 6. The van der Waals surface area contributed by atoms with Gasteiger partial charge < -0.3 is 27.4 Å². The third-order valence-corrected chi connectivity index (χ3v) is 13.6. The Labute approximate surface area is 504 Å². The highest BCUT2D eigenvalue weighted by Crippen LogP contribution is 2.34. The van der Waals surface area contributed by atoms with Gasteiger partial charge in [0.25, 0.3) is 0 Å². The van der Waals surface area contributed by atoms with E-state index in [1.165, 1.54) is 17.3 Å². The fourth-order valence-electron chi connectivity index (χ4n) is 9.07. The number of rotatable bonds is 14. The molecule has 0 aliphatic rings. The summed E-state index contributed by atoms with van der Waals surface area (Å²) in [4.78, 5) is 40.4. The molecule has 13 rings (SSSR count). The van der Waals surface area contributed by atoms with Crippen LogP contribution in [-0.2, 0) is 29.2 Å². The summed E-state index contributed by atoms with van der Waals surface area (Å²) in [6.07, 6.45) is 8.30. The number of fused-ring (bicyclic) bond motifs is 3. The highest BCUT2D eigenvalue weighted by molar-refractivity contribution is 6.34. The van der Waals surface area contributed by atoms with Gasteiger partial charge in [0.1, 0.15) is 23.0 Å². The molecule has 0 atom stereocenters. The van der Waals surface area contributed by atoms with E-state index < -0.39 is 18.2 Å². The Morgan fingerprint density at radius 1 is 0.459 bits per heavy atom. The van der Waals surface area contributed by atoms with Gasteiger partial charge in [-0.3, -0.25) is 14.6 Å². The molecule has 0 radical (unpaired) electrons. The van der Waals surface area contributed by atoms with Crippen molar-refractivity contribution in [3.05, 3.63) is 270 Å². The molecule has 13 aromatic rings. The van der Waals surface area contributed by atoms with Gasteiger partial charge in [-0.1, -0.05) is 194 Å². The largest absolute Gasteiger partial charge is 0.369 e. The van der Waals surface area contributed by atoms with Crippen LogP contribution in [0.25, 0.3) is 61.3 Å². The first-order valence-corrected chi connectivity index (χ1v) is 27.8. The van der Waals surface area contributed by atoms with Crippen LogP contribution >= 0.6 is 34.8 Å². The van der Waals surface area contributed by atoms with Gasteiger partial charge in [0.2, 0.25) is 22.4 Å². The van der Waals surface area contributed by atoms with Crippen LogP contribution in [0.2, 0.25) is 15.7 Å². The van der Waals surface area contributed by atoms with E-state index in [1.54, 1.807) is 25.8 Å². The van der Waals surface area contributed by atoms with E-state index in [1.807, 2.05) is 195 Å². The number of nitrogens with one attached hydrogen (secondary N) is 3. The second kappa shape index (κ2) is 28.1. The number of hydrogen-bond acceptors (Lipinski definition) is 12. The summed E-state index contributed by atoms with van der Waals surface area (Å²) in [5.74, 6) is 0.590. The quantitative estimate of drug-likeness (QED) is 0.0641. The van der Waals surface area contributed by atoms with Gasteiger partial charge in [-0.2, -0.15) is 4.98 Å². The Balaban J connectivity index is 0.000000140. The summed E-state index contributed by atoms with van der Waals surface area (Å²) < 4.78 is 5.20. The van der Waals surface area contributed by atoms with E-state index in [4.69, 9.17) is 56.4 Å². The third-order valence-electron chi connectivity index (χ3n) is 13.0. The molecule has 7 N–H and O–H groups in total. The predicted molar refractivity (Wildman–Crippen MR) is 338 cm³/mol. The Bertz CT molecular complexity index is 4330. The lowest BCUT2D eigenvalue weighted by atomic mass is 10.1. The molecule has 0 fully saturated rings. The predicted octanol–water partition coefficient (Wildman–Crippen LogP) is 13.4. The van der Waals surface area contributed by atoms with E-state index in [0.717, 1.165) is 61.3 Å². The summed E-state index contributed by atoms with van der Waals surface area (Å²) in [7, 11) is 0. The highest BCUT2D eigenvalue weighted by atomic mass is 35.5. The first-order valence-electron chi connectivity index (χ1n) is 26.7. The number of carbonyl (C=O) groups excluding carboxylic acids is 2. The zero-order valence-corrected chi connectivity index (χ0v) is 47.7. The highest BCUT2D eigenvalue weighted by Gasteiger charge is 2.18. The van der Waals surface area contributed by atoms with Gasteiger partial charge in [0.05, 0.1) is 11.9 Å². The van der Waals surface area contributed by atoms with Crippen molar-refractivity contribution in [1.29, 1.82) is 0 Å². The van der Waals surface area contributed by atoms with Crippen LogP contribution in [0.4, 0.5) is 17.3 Å². The number of nitrogens with two attached hydrogens (primary N) is 2. The van der Waals surface area contributed by atoms with Crippen molar-refractivity contribution in [1.82, 2.24) is 48.8 Å². The lowest BCUT2D eigenvalue weighted by Crippen LogP contribution is -2.21. The maximum absolute atomic E-state index is 12.0. The fourth-order valence-corrected chi connectivity index (χ4v) is 9.71. The molecule has 0 bridgehead atoms. The molecule has 7 aromatic heterocycles. The lowest BCUT2D eigenvalue weighted by molar-refractivity contribution is -0.124. The molecule has 422 valence electrons. The Kier molecular flexibility index (Phi) is 19.2. The number of primary amides is 1. The van der Waals surface area contributed by atoms with Crippen molar-refractivity contribution in [2.24, 2.45) is 11.5 Å². The van der Waals surface area contributed by atoms with Crippen LogP contribution in [0.1, 0.15) is 23.1 Å². The normalized spacial score (nSPS) is 10.7. The van der Waals surface area contributed by atoms with Crippen molar-refractivity contribution in [3.63, 3.8) is 0 Å². The number of carbonyl (C=O) groups is 2. The number of aromatic nitrogens is 10. The van der Waals surface area contributed by atoms with Gasteiger partial charge in [-0.15, -0.1) is 15.3 Å². The molecule has 2 amide bonds. The molecule has 0 aliphatic heterocycles. The maximum Gasteiger partial charge on any atom is 0.243 e. The molecule has 0 spiro atoms. The molecule has 6 aromatic carbocycles. The molecule has 85 heavy (non-hydrogen) atoms. The molecule has 0 unspecified atom stereocenters. The first kappa shape index (κ1) is 57.9. The van der Waals surface area contributed by atoms with Gasteiger partial charge in [-0.25, -0.2) is 23.5 Å². The molecule has 20 heteroatoms. The second-order valence-electron chi connectivity index (χ2n) is 18.9. The van der Waals surface area contributed by atoms with Crippen molar-refractivity contribution in [2.45, 2.75) is 26.1 Å². The molecule has 0 saturated carbocycles. The number of hydrogen-bond donors (Lipinski definition) is 5. The average molecular weight is 1180 g/mol. The third kappa shape index (κ3) is 15.0. The lowest BCUT2D eigenvalue weighted by Gasteiger charge is -2.12. The van der Waals surface area contributed by atoms with E-state index >= 15 is 0 Å². The minimum atomic E-state index is -0.707. The van der Waals surface area contributed by atoms with Crippen LogP contribution in [0.15, 0.2) is 237 Å². The molecule has 0 saturated heterocycles. The van der Waals surface area contributed by atoms with Gasteiger partial charge in [-0.05, 0) is 80.8 Å². The molecular weight excluding hydrogens is 1130 g/mol. The zero-order chi connectivity index (χ0) is 58.9. The standard InChI is InChI=1S/C27H23N7O2.C19H15ClN4.C12H7Cl2N3.C7H9N/c28-23(35)14-24(36)31-21-13-20(16-29-17-21)26-32-27(30-15-18-7-3-1-4-8-18)25-22(11-12-34(25)33-26)19-9-5-2-6-10-19;20-19-22-18(21-13-14-7-3-1-4-8-14)17-16(11-12-24(17)23-19)15-9-5-2-6-10-15;13-11-10-9(8-4-2-1-3-5-8)6-7-17(10)16-12(14)15-11;8-6-7-4-2-1-3-5-7/h1-13,16-17H,14-15H2,(H2,28,35)(H,31,36)(H,30,32,33);1-12H,13H2,(H,21,22,23);1-7H;1-5H,6,8H2. The average Bonchev–Trinajstić information content (AvgIpc) is 4.38. The maximum atomic E-state index is 12.0. The summed E-state index contributed by atoms with van der Waals surface area (Å²) >= 11 is 17.9. The number of amides is 2. The van der Waals surface area contributed by atoms with E-state index in [2.05, 4.69) is 65.4 Å². The summed E-state index contributed by atoms with van der Waals surface area (Å²) in [5, 5.41) is 23.2. The van der Waals surface area contributed by atoms with Crippen LogP contribution in [-0.4, -0.2) is 60.6 Å². The van der Waals surface area contributed by atoms with Crippen molar-refractivity contribution in [3.8, 4) is 44.8 Å². The second-order valence-corrected chi connectivity index (χ2v) is 19.9. The van der Waals surface area contributed by atoms with Crippen molar-refractivity contribution in [2.75, 3.05) is 16.0 Å². The monoisotopic (exact) mass is 1180 g/mol. The number of pyridine rings is 1. The Hall–Kier alpha value is -10.3. The zero-order valence-electron chi connectivity index (χ0n) is 45.4. The summed E-state index contributed by atoms with van der Waals surface area (Å²) in [6, 6.07) is 68.1. The van der Waals surface area contributed by atoms with E-state index in [-0.39, 0.29) is 10.6 Å². The van der Waals surface area contributed by atoms with Gasteiger partial charge in [0, 0.05) is 66.7 Å². The smallest absolute Gasteiger partial charge is 0.243 e. The van der Waals surface area contributed by atoms with E-state index in [0.29, 0.717) is 47.7 Å². The summed E-state index contributed by atoms with van der Waals surface area (Å²) in [5.41, 5.74) is 23.8. The number of halogens is 3. The van der Waals surface area contributed by atoms with E-state index in [9.17, 15) is 9.59 Å². The fraction of sp³-hybridized carbons (Fsp3) is 0.0615. The van der Waals surface area contributed by atoms with Gasteiger partial charge >= 0.3 is 0 Å². The topological polar surface area (TPSA) is 226 Å².